The number of carbonyl (C=O) groups is 1. The van der Waals surface area contributed by atoms with E-state index in [1.54, 1.807) is 6.92 Å². The molecule has 3 N–H and O–H groups in total. The Morgan fingerprint density at radius 1 is 1.58 bits per heavy atom. The normalized spacial score (nSPS) is 11.9. The van der Waals surface area contributed by atoms with Crippen molar-refractivity contribution in [1.29, 1.82) is 0 Å². The highest BCUT2D eigenvalue weighted by Gasteiger charge is 2.20. The summed E-state index contributed by atoms with van der Waals surface area (Å²) in [5, 5.41) is 20.5. The summed E-state index contributed by atoms with van der Waals surface area (Å²) < 4.78 is 4.74. The largest absolute Gasteiger partial charge is 0.508 e. The van der Waals surface area contributed by atoms with E-state index in [-0.39, 0.29) is 30.0 Å². The Bertz CT molecular complexity index is 501. The molecular formula is C12H16N2O5. The van der Waals surface area contributed by atoms with Gasteiger partial charge in [0, 0.05) is 23.6 Å². The summed E-state index contributed by atoms with van der Waals surface area (Å²) in [6, 6.07) is 1.54. The molecule has 0 saturated carbocycles. The number of benzene rings is 1. The fraction of sp³-hybridized carbons (Fsp3) is 0.417. The maximum absolute atomic E-state index is 11.4. The highest BCUT2D eigenvalue weighted by molar-refractivity contribution is 5.76. The van der Waals surface area contributed by atoms with Gasteiger partial charge in [-0.2, -0.15) is 0 Å². The number of hydrogen-bond acceptors (Lipinski definition) is 6. The van der Waals surface area contributed by atoms with Crippen LogP contribution in [-0.4, -0.2) is 28.6 Å². The van der Waals surface area contributed by atoms with E-state index >= 15 is 0 Å². The lowest BCUT2D eigenvalue weighted by Gasteiger charge is -2.12. The number of nitro groups is 1. The lowest BCUT2D eigenvalue weighted by atomic mass is 10.0. The Labute approximate surface area is 110 Å². The SMILES string of the molecule is CCOC(=O)C(N)Cc1cc([N+](=O)[O-])c(C)cc1O. The lowest BCUT2D eigenvalue weighted by Crippen LogP contribution is -2.34. The van der Waals surface area contributed by atoms with E-state index in [0.29, 0.717) is 5.56 Å². The number of nitro benzene ring substituents is 1. The van der Waals surface area contributed by atoms with Gasteiger partial charge in [0.05, 0.1) is 11.5 Å². The van der Waals surface area contributed by atoms with Gasteiger partial charge >= 0.3 is 5.97 Å². The van der Waals surface area contributed by atoms with Gasteiger partial charge < -0.3 is 15.6 Å². The molecule has 0 aliphatic carbocycles. The Hall–Kier alpha value is -2.15. The number of nitrogens with two attached hydrogens (primary N) is 1. The third-order valence-electron chi connectivity index (χ3n) is 2.62. The highest BCUT2D eigenvalue weighted by atomic mass is 16.6. The van der Waals surface area contributed by atoms with Crippen molar-refractivity contribution in [3.05, 3.63) is 33.4 Å². The van der Waals surface area contributed by atoms with Crippen LogP contribution in [0.2, 0.25) is 0 Å². The van der Waals surface area contributed by atoms with Crippen LogP contribution in [0.5, 0.6) is 5.75 Å². The summed E-state index contributed by atoms with van der Waals surface area (Å²) in [6.45, 7) is 3.37. The first kappa shape index (κ1) is 14.9. The zero-order valence-corrected chi connectivity index (χ0v) is 10.8. The molecule has 0 aromatic heterocycles. The molecule has 0 heterocycles. The minimum absolute atomic E-state index is 0.0220. The van der Waals surface area contributed by atoms with Crippen LogP contribution in [0.15, 0.2) is 12.1 Å². The van der Waals surface area contributed by atoms with Crippen LogP contribution < -0.4 is 5.73 Å². The third-order valence-corrected chi connectivity index (χ3v) is 2.62. The monoisotopic (exact) mass is 268 g/mol. The Balaban J connectivity index is 2.98. The van der Waals surface area contributed by atoms with Crippen molar-refractivity contribution < 1.29 is 19.6 Å². The first-order chi connectivity index (χ1) is 8.86. The molecule has 0 aliphatic heterocycles. The molecule has 7 heteroatoms. The lowest BCUT2D eigenvalue weighted by molar-refractivity contribution is -0.385. The van der Waals surface area contributed by atoms with Gasteiger partial charge in [0.25, 0.3) is 5.69 Å². The van der Waals surface area contributed by atoms with Crippen LogP contribution in [0, 0.1) is 17.0 Å². The molecule has 104 valence electrons. The number of ether oxygens (including phenoxy) is 1. The molecule has 0 amide bonds. The zero-order valence-electron chi connectivity index (χ0n) is 10.8. The van der Waals surface area contributed by atoms with Gasteiger partial charge in [-0.15, -0.1) is 0 Å². The maximum atomic E-state index is 11.4. The standard InChI is InChI=1S/C12H16N2O5/c1-3-19-12(16)9(13)5-8-6-10(14(17)18)7(2)4-11(8)15/h4,6,9,15H,3,5,13H2,1-2H3. The molecule has 0 saturated heterocycles. The molecule has 7 nitrogen and oxygen atoms in total. The second kappa shape index (κ2) is 6.14. The number of rotatable bonds is 5. The van der Waals surface area contributed by atoms with Crippen molar-refractivity contribution in [2.24, 2.45) is 5.73 Å². The van der Waals surface area contributed by atoms with Crippen LogP contribution in [-0.2, 0) is 16.0 Å². The van der Waals surface area contributed by atoms with Gasteiger partial charge in [0.15, 0.2) is 0 Å². The molecule has 1 unspecified atom stereocenters. The zero-order chi connectivity index (χ0) is 14.6. The van der Waals surface area contributed by atoms with E-state index in [2.05, 4.69) is 0 Å². The maximum Gasteiger partial charge on any atom is 0.323 e. The van der Waals surface area contributed by atoms with Crippen molar-refractivity contribution in [2.45, 2.75) is 26.3 Å². The second-order valence-electron chi connectivity index (χ2n) is 4.09. The molecule has 0 fully saturated rings. The van der Waals surface area contributed by atoms with E-state index in [4.69, 9.17) is 10.5 Å². The van der Waals surface area contributed by atoms with Crippen molar-refractivity contribution in [3.8, 4) is 5.75 Å². The third kappa shape index (κ3) is 3.65. The summed E-state index contributed by atoms with van der Waals surface area (Å²) >= 11 is 0. The van der Waals surface area contributed by atoms with Gasteiger partial charge in [-0.1, -0.05) is 0 Å². The van der Waals surface area contributed by atoms with E-state index in [0.717, 1.165) is 0 Å². The molecule has 0 aliphatic rings. The first-order valence-corrected chi connectivity index (χ1v) is 5.75. The van der Waals surface area contributed by atoms with Gasteiger partial charge in [-0.05, 0) is 19.9 Å². The number of esters is 1. The van der Waals surface area contributed by atoms with E-state index in [9.17, 15) is 20.0 Å². The minimum Gasteiger partial charge on any atom is -0.508 e. The fourth-order valence-corrected chi connectivity index (χ4v) is 1.65. The molecule has 19 heavy (non-hydrogen) atoms. The van der Waals surface area contributed by atoms with Crippen molar-refractivity contribution >= 4 is 11.7 Å². The minimum atomic E-state index is -0.965. The van der Waals surface area contributed by atoms with Crippen LogP contribution in [0.3, 0.4) is 0 Å². The van der Waals surface area contributed by atoms with Crippen LogP contribution in [0.4, 0.5) is 5.69 Å². The summed E-state index contributed by atoms with van der Waals surface area (Å²) in [5.41, 5.74) is 6.08. The van der Waals surface area contributed by atoms with Crippen LogP contribution >= 0.6 is 0 Å². The average Bonchev–Trinajstić information content (AvgIpc) is 2.32. The number of hydrogen-bond donors (Lipinski definition) is 2. The number of phenolic OH excluding ortho intramolecular Hbond substituents is 1. The molecule has 1 rings (SSSR count). The summed E-state index contributed by atoms with van der Waals surface area (Å²) in [5.74, 6) is -0.729. The van der Waals surface area contributed by atoms with Crippen molar-refractivity contribution in [2.75, 3.05) is 6.61 Å². The number of aryl methyl sites for hydroxylation is 1. The van der Waals surface area contributed by atoms with E-state index in [1.807, 2.05) is 0 Å². The number of phenols is 1. The van der Waals surface area contributed by atoms with E-state index in [1.165, 1.54) is 19.1 Å². The molecule has 0 spiro atoms. The number of nitrogens with zero attached hydrogens (tertiary/aromatic N) is 1. The predicted octanol–water partition coefficient (Wildman–Crippen LogP) is 1.04. The topological polar surface area (TPSA) is 116 Å². The average molecular weight is 268 g/mol. The summed E-state index contributed by atoms with van der Waals surface area (Å²) in [6.07, 6.45) is -0.0220. The summed E-state index contributed by atoms with van der Waals surface area (Å²) in [7, 11) is 0. The Morgan fingerprint density at radius 3 is 2.74 bits per heavy atom. The molecule has 1 aromatic carbocycles. The Kier molecular flexibility index (Phi) is 4.82. The fourth-order valence-electron chi connectivity index (χ4n) is 1.65. The van der Waals surface area contributed by atoms with Gasteiger partial charge in [-0.25, -0.2) is 0 Å². The molecule has 1 atom stereocenters. The predicted molar refractivity (Wildman–Crippen MR) is 67.8 cm³/mol. The molecule has 1 aromatic rings. The van der Waals surface area contributed by atoms with E-state index < -0.39 is 16.9 Å². The van der Waals surface area contributed by atoms with Gasteiger partial charge in [0.1, 0.15) is 11.8 Å². The van der Waals surface area contributed by atoms with Gasteiger partial charge in [-0.3, -0.25) is 14.9 Å². The van der Waals surface area contributed by atoms with Crippen LogP contribution in [0.25, 0.3) is 0 Å². The first-order valence-electron chi connectivity index (χ1n) is 5.75. The smallest absolute Gasteiger partial charge is 0.323 e. The quantitative estimate of drug-likeness (QED) is 0.468. The second-order valence-corrected chi connectivity index (χ2v) is 4.09. The molecule has 0 radical (unpaired) electrons. The number of aromatic hydroxyl groups is 1. The van der Waals surface area contributed by atoms with Crippen LogP contribution in [0.1, 0.15) is 18.1 Å². The molecule has 0 bridgehead atoms. The highest BCUT2D eigenvalue weighted by Crippen LogP contribution is 2.28. The Morgan fingerprint density at radius 2 is 2.21 bits per heavy atom. The van der Waals surface area contributed by atoms with Crippen molar-refractivity contribution in [3.63, 3.8) is 0 Å². The number of carbonyl (C=O) groups excluding carboxylic acids is 1. The van der Waals surface area contributed by atoms with Gasteiger partial charge in [0.2, 0.25) is 0 Å². The van der Waals surface area contributed by atoms with Crippen molar-refractivity contribution in [1.82, 2.24) is 0 Å². The summed E-state index contributed by atoms with van der Waals surface area (Å²) in [4.78, 5) is 21.6. The molecular weight excluding hydrogens is 252 g/mol.